The smallest absolute Gasteiger partial charge is 0.334 e. The van der Waals surface area contributed by atoms with Crippen LogP contribution in [0.2, 0.25) is 0 Å². The van der Waals surface area contributed by atoms with E-state index in [-0.39, 0.29) is 10.8 Å². The van der Waals surface area contributed by atoms with Gasteiger partial charge >= 0.3 is 6.18 Å². The fraction of sp³-hybridized carbons (Fsp3) is 0.353. The van der Waals surface area contributed by atoms with Crippen LogP contribution in [0.4, 0.5) is 45.2 Å². The van der Waals surface area contributed by atoms with Gasteiger partial charge in [-0.25, -0.2) is 34.8 Å². The highest BCUT2D eigenvalue weighted by Gasteiger charge is 2.40. The lowest BCUT2D eigenvalue weighted by Crippen LogP contribution is -2.43. The molecule has 1 aromatic heterocycles. The molecular weight excluding hydrogens is 497 g/mol. The van der Waals surface area contributed by atoms with E-state index in [0.717, 1.165) is 10.8 Å². The second-order valence-corrected chi connectivity index (χ2v) is 8.26. The van der Waals surface area contributed by atoms with Gasteiger partial charge in [-0.2, -0.15) is 17.9 Å². The Morgan fingerprint density at radius 1 is 1.12 bits per heavy atom. The third kappa shape index (κ3) is 6.19. The minimum absolute atomic E-state index is 0.139. The van der Waals surface area contributed by atoms with Gasteiger partial charge in [0.2, 0.25) is 10.0 Å². The van der Waals surface area contributed by atoms with E-state index in [1.54, 1.807) is 0 Å². The number of hydrogen-bond donors (Lipinski definition) is 2. The standard InChI is InChI=1S/C17H14F9N3O3S/c1-7(17(24,25)26)28-33(31,32)11-5-29(6-12(19)20)14(13(11)21)16(30)27-8-2-3-10(18)9(4-8)15(22)23/h2-5,7,12,15,28H,6H2,1H3,(H,27,30)/t7-/m1/s1. The monoisotopic (exact) mass is 511 g/mol. The molecular formula is C17H14F9N3O3S. The molecule has 2 N–H and O–H groups in total. The van der Waals surface area contributed by atoms with Crippen molar-refractivity contribution in [1.29, 1.82) is 0 Å². The highest BCUT2D eigenvalue weighted by Crippen LogP contribution is 2.28. The lowest BCUT2D eigenvalue weighted by Gasteiger charge is -2.16. The maximum Gasteiger partial charge on any atom is 0.404 e. The highest BCUT2D eigenvalue weighted by atomic mass is 32.2. The van der Waals surface area contributed by atoms with Crippen molar-refractivity contribution >= 4 is 21.6 Å². The van der Waals surface area contributed by atoms with Crippen molar-refractivity contribution in [3.63, 3.8) is 0 Å². The molecule has 2 rings (SSSR count). The average Bonchev–Trinajstić information content (AvgIpc) is 2.98. The van der Waals surface area contributed by atoms with Gasteiger partial charge in [0.1, 0.15) is 22.4 Å². The second kappa shape index (κ2) is 9.62. The predicted octanol–water partition coefficient (Wildman–Crippen LogP) is 4.45. The zero-order valence-corrected chi connectivity index (χ0v) is 17.0. The number of nitrogens with zero attached hydrogens (tertiary/aromatic N) is 1. The summed E-state index contributed by atoms with van der Waals surface area (Å²) < 4.78 is 143. The zero-order valence-electron chi connectivity index (χ0n) is 16.2. The van der Waals surface area contributed by atoms with Crippen molar-refractivity contribution in [2.75, 3.05) is 5.32 Å². The molecule has 1 atom stereocenters. The predicted molar refractivity (Wildman–Crippen MR) is 95.5 cm³/mol. The molecule has 0 bridgehead atoms. The summed E-state index contributed by atoms with van der Waals surface area (Å²) in [7, 11) is -5.28. The van der Waals surface area contributed by atoms with E-state index in [0.29, 0.717) is 19.1 Å². The Kier molecular flexibility index (Phi) is 7.73. The van der Waals surface area contributed by atoms with Crippen molar-refractivity contribution in [3.8, 4) is 0 Å². The molecule has 0 aliphatic heterocycles. The van der Waals surface area contributed by atoms with Crippen molar-refractivity contribution in [2.45, 2.75) is 43.4 Å². The summed E-state index contributed by atoms with van der Waals surface area (Å²) in [5.74, 6) is -4.91. The Bertz CT molecular complexity index is 1130. The van der Waals surface area contributed by atoms with E-state index in [2.05, 4.69) is 0 Å². The lowest BCUT2D eigenvalue weighted by atomic mass is 10.2. The van der Waals surface area contributed by atoms with Gasteiger partial charge < -0.3 is 9.88 Å². The highest BCUT2D eigenvalue weighted by molar-refractivity contribution is 7.89. The Balaban J connectivity index is 2.49. The van der Waals surface area contributed by atoms with E-state index in [4.69, 9.17) is 0 Å². The summed E-state index contributed by atoms with van der Waals surface area (Å²) >= 11 is 0. The minimum Gasteiger partial charge on any atom is -0.334 e. The van der Waals surface area contributed by atoms with E-state index >= 15 is 0 Å². The van der Waals surface area contributed by atoms with Crippen LogP contribution in [0.15, 0.2) is 29.3 Å². The van der Waals surface area contributed by atoms with Crippen LogP contribution in [-0.4, -0.2) is 37.5 Å². The lowest BCUT2D eigenvalue weighted by molar-refractivity contribution is -0.147. The van der Waals surface area contributed by atoms with E-state index in [1.165, 1.54) is 0 Å². The van der Waals surface area contributed by atoms with E-state index < -0.39 is 81.0 Å². The van der Waals surface area contributed by atoms with Crippen LogP contribution in [-0.2, 0) is 16.6 Å². The van der Waals surface area contributed by atoms with E-state index in [1.807, 2.05) is 5.32 Å². The van der Waals surface area contributed by atoms with Crippen molar-refractivity contribution in [3.05, 3.63) is 47.3 Å². The molecule has 0 radical (unpaired) electrons. The molecule has 1 heterocycles. The molecule has 184 valence electrons. The van der Waals surface area contributed by atoms with Crippen LogP contribution in [0.1, 0.15) is 29.4 Å². The van der Waals surface area contributed by atoms with Gasteiger partial charge in [-0.1, -0.05) is 0 Å². The Morgan fingerprint density at radius 3 is 2.24 bits per heavy atom. The molecule has 6 nitrogen and oxygen atoms in total. The average molecular weight is 511 g/mol. The Morgan fingerprint density at radius 2 is 1.73 bits per heavy atom. The first-order valence-corrected chi connectivity index (χ1v) is 10.2. The van der Waals surface area contributed by atoms with Gasteiger partial charge in [-0.3, -0.25) is 4.79 Å². The van der Waals surface area contributed by atoms with Gasteiger partial charge in [0.05, 0.1) is 12.1 Å². The number of anilines is 1. The first kappa shape index (κ1) is 26.5. The largest absolute Gasteiger partial charge is 0.404 e. The number of amides is 1. The summed E-state index contributed by atoms with van der Waals surface area (Å²) in [5.41, 5.74) is -3.00. The maximum atomic E-state index is 14.8. The van der Waals surface area contributed by atoms with Crippen LogP contribution < -0.4 is 10.0 Å². The Hall–Kier alpha value is -2.75. The zero-order chi connectivity index (χ0) is 25.3. The number of halogens is 9. The number of aromatic nitrogens is 1. The van der Waals surface area contributed by atoms with Crippen LogP contribution in [0, 0.1) is 11.6 Å². The summed E-state index contributed by atoms with van der Waals surface area (Å²) in [6.07, 6.45) is -11.4. The molecule has 0 aliphatic rings. The first-order chi connectivity index (χ1) is 15.0. The van der Waals surface area contributed by atoms with Crippen LogP contribution in [0.25, 0.3) is 0 Å². The molecule has 0 saturated carbocycles. The molecule has 0 saturated heterocycles. The molecule has 2 aromatic rings. The van der Waals surface area contributed by atoms with Crippen molar-refractivity contribution < 1.29 is 52.7 Å². The second-order valence-electron chi connectivity index (χ2n) is 6.58. The number of sulfonamides is 1. The molecule has 1 amide bonds. The third-order valence-corrected chi connectivity index (χ3v) is 5.66. The van der Waals surface area contributed by atoms with Crippen molar-refractivity contribution in [2.24, 2.45) is 0 Å². The number of hydrogen-bond acceptors (Lipinski definition) is 3. The van der Waals surface area contributed by atoms with Gasteiger partial charge in [-0.15, -0.1) is 0 Å². The number of carbonyl (C=O) groups excluding carboxylic acids is 1. The SMILES string of the molecule is C[C@@H](NS(=O)(=O)c1cn(CC(F)F)c(C(=O)Nc2ccc(F)c(C(F)F)c2)c1F)C(F)(F)F. The fourth-order valence-electron chi connectivity index (χ4n) is 2.56. The Labute approximate surface area is 180 Å². The molecule has 16 heteroatoms. The number of alkyl halides is 7. The van der Waals surface area contributed by atoms with Gasteiger partial charge in [0, 0.05) is 11.9 Å². The first-order valence-electron chi connectivity index (χ1n) is 8.69. The summed E-state index contributed by atoms with van der Waals surface area (Å²) in [4.78, 5) is 10.9. The number of benzene rings is 1. The van der Waals surface area contributed by atoms with Crippen molar-refractivity contribution in [1.82, 2.24) is 9.29 Å². The maximum absolute atomic E-state index is 14.8. The summed E-state index contributed by atoms with van der Waals surface area (Å²) in [6, 6.07) is -0.906. The van der Waals surface area contributed by atoms with E-state index in [9.17, 15) is 52.7 Å². The molecule has 0 fully saturated rings. The quantitative estimate of drug-likeness (QED) is 0.514. The van der Waals surface area contributed by atoms with Gasteiger partial charge in [-0.05, 0) is 25.1 Å². The minimum atomic E-state index is -5.28. The fourth-order valence-corrected chi connectivity index (χ4v) is 3.88. The number of carbonyl (C=O) groups is 1. The number of nitrogens with one attached hydrogen (secondary N) is 2. The third-order valence-electron chi connectivity index (χ3n) is 4.14. The topological polar surface area (TPSA) is 80.2 Å². The molecule has 0 spiro atoms. The molecule has 1 aromatic carbocycles. The van der Waals surface area contributed by atoms with Gasteiger partial charge in [0.25, 0.3) is 18.8 Å². The molecule has 0 aliphatic carbocycles. The molecule has 33 heavy (non-hydrogen) atoms. The normalized spacial score (nSPS) is 13.6. The summed E-state index contributed by atoms with van der Waals surface area (Å²) in [6.45, 7) is -1.04. The van der Waals surface area contributed by atoms with Crippen LogP contribution in [0.3, 0.4) is 0 Å². The number of rotatable bonds is 8. The van der Waals surface area contributed by atoms with Crippen LogP contribution in [0.5, 0.6) is 0 Å². The molecule has 0 unspecified atom stereocenters. The van der Waals surface area contributed by atoms with Crippen LogP contribution >= 0.6 is 0 Å². The summed E-state index contributed by atoms with van der Waals surface area (Å²) in [5, 5.41) is 1.83. The van der Waals surface area contributed by atoms with Gasteiger partial charge in [0.15, 0.2) is 5.82 Å².